The Balaban J connectivity index is 1.81. The van der Waals surface area contributed by atoms with Crippen LogP contribution in [0.5, 0.6) is 5.75 Å². The lowest BCUT2D eigenvalue weighted by Gasteiger charge is -2.40. The summed E-state index contributed by atoms with van der Waals surface area (Å²) in [7, 11) is 1.35. The van der Waals surface area contributed by atoms with Gasteiger partial charge >= 0.3 is 5.97 Å². The van der Waals surface area contributed by atoms with E-state index in [4.69, 9.17) is 10.5 Å². The van der Waals surface area contributed by atoms with Crippen LogP contribution in [0.3, 0.4) is 0 Å². The van der Waals surface area contributed by atoms with Crippen molar-refractivity contribution in [3.8, 4) is 5.75 Å². The molecule has 0 radical (unpaired) electrons. The number of nitrogens with zero attached hydrogens (tertiary/aromatic N) is 1. The van der Waals surface area contributed by atoms with Gasteiger partial charge in [-0.25, -0.2) is 0 Å². The van der Waals surface area contributed by atoms with Crippen molar-refractivity contribution >= 4 is 17.4 Å². The molecular weight excluding hydrogens is 416 g/mol. The fourth-order valence-corrected chi connectivity index (χ4v) is 3.94. The summed E-state index contributed by atoms with van der Waals surface area (Å²) in [5.41, 5.74) is 12.5. The molecule has 2 aliphatic heterocycles. The highest BCUT2D eigenvalue weighted by Gasteiger charge is 2.37. The normalized spacial score (nSPS) is 17.8. The average Bonchev–Trinajstić information content (AvgIpc) is 2.83. The van der Waals surface area contributed by atoms with Gasteiger partial charge in [0, 0.05) is 30.5 Å². The zero-order valence-electron chi connectivity index (χ0n) is 19.5. The first-order valence-electron chi connectivity index (χ1n) is 11.4. The van der Waals surface area contributed by atoms with Crippen molar-refractivity contribution < 1.29 is 14.3 Å². The molecule has 33 heavy (non-hydrogen) atoms. The Kier molecular flexibility index (Phi) is 8.49. The van der Waals surface area contributed by atoms with Crippen LogP contribution in [0, 0.1) is 0 Å². The minimum atomic E-state index is -0.305. The van der Waals surface area contributed by atoms with Crippen molar-refractivity contribution in [1.82, 2.24) is 10.7 Å². The molecule has 0 saturated carbocycles. The van der Waals surface area contributed by atoms with Crippen LogP contribution in [0.4, 0.5) is 0 Å². The highest BCUT2D eigenvalue weighted by atomic mass is 16.5. The van der Waals surface area contributed by atoms with E-state index in [1.807, 2.05) is 30.4 Å². The van der Waals surface area contributed by atoms with Crippen molar-refractivity contribution in [3.63, 3.8) is 0 Å². The van der Waals surface area contributed by atoms with Gasteiger partial charge in [-0.05, 0) is 42.8 Å². The molecule has 2 aliphatic rings. The van der Waals surface area contributed by atoms with E-state index in [2.05, 4.69) is 52.3 Å². The predicted molar refractivity (Wildman–Crippen MR) is 133 cm³/mol. The van der Waals surface area contributed by atoms with Gasteiger partial charge in [-0.15, -0.1) is 0 Å². The van der Waals surface area contributed by atoms with E-state index in [1.54, 1.807) is 0 Å². The number of nitrogens with one attached hydrogen (secondary N) is 2. The quantitative estimate of drug-likeness (QED) is 0.133. The molecule has 0 atom stereocenters. The smallest absolute Gasteiger partial charge is 0.307 e. The summed E-state index contributed by atoms with van der Waals surface area (Å²) in [5, 5.41) is 7.52. The minimum absolute atomic E-state index is 0.214. The second kappa shape index (κ2) is 11.5. The maximum Gasteiger partial charge on any atom is 0.307 e. The van der Waals surface area contributed by atoms with Crippen molar-refractivity contribution in [2.24, 2.45) is 10.8 Å². The Morgan fingerprint density at radius 2 is 2.09 bits per heavy atom. The summed E-state index contributed by atoms with van der Waals surface area (Å²) in [5.74, 6) is 0.881. The molecule has 4 N–H and O–H groups in total. The van der Waals surface area contributed by atoms with Crippen LogP contribution >= 0.6 is 0 Å². The molecular formula is C26H34N4O3. The van der Waals surface area contributed by atoms with Crippen LogP contribution in [-0.2, 0) is 9.53 Å². The molecule has 1 aromatic carbocycles. The van der Waals surface area contributed by atoms with E-state index in [0.29, 0.717) is 12.1 Å². The zero-order valence-corrected chi connectivity index (χ0v) is 19.5. The predicted octanol–water partition coefficient (Wildman–Crippen LogP) is 3.46. The van der Waals surface area contributed by atoms with Crippen molar-refractivity contribution in [2.45, 2.75) is 38.2 Å². The largest absolute Gasteiger partial charge is 0.482 e. The summed E-state index contributed by atoms with van der Waals surface area (Å²) in [6, 6.07) is 8.19. The zero-order chi connectivity index (χ0) is 23.7. The number of para-hydroxylation sites is 1. The monoisotopic (exact) mass is 450 g/mol. The third-order valence-corrected chi connectivity index (χ3v) is 5.74. The molecule has 1 aromatic rings. The fraction of sp³-hybridized carbons (Fsp3) is 0.385. The average molecular weight is 451 g/mol. The second-order valence-corrected chi connectivity index (χ2v) is 8.13. The van der Waals surface area contributed by atoms with Crippen LogP contribution in [0.25, 0.3) is 5.57 Å². The van der Waals surface area contributed by atoms with E-state index in [9.17, 15) is 4.79 Å². The third-order valence-electron chi connectivity index (χ3n) is 5.74. The molecule has 0 bridgehead atoms. The van der Waals surface area contributed by atoms with Crippen LogP contribution in [-0.4, -0.2) is 44.2 Å². The molecule has 3 rings (SSSR count). The third kappa shape index (κ3) is 6.35. The molecule has 1 fully saturated rings. The van der Waals surface area contributed by atoms with Crippen molar-refractivity contribution in [3.05, 3.63) is 71.9 Å². The summed E-state index contributed by atoms with van der Waals surface area (Å²) in [6.07, 6.45) is 11.4. The number of allylic oxidation sites excluding steroid dienone is 4. The lowest BCUT2D eigenvalue weighted by atomic mass is 9.83. The number of fused-ring (bicyclic) bond motifs is 1. The molecule has 0 unspecified atom stereocenters. The number of hydrazone groups is 1. The number of esters is 1. The van der Waals surface area contributed by atoms with E-state index in [1.165, 1.54) is 7.11 Å². The first-order chi connectivity index (χ1) is 16.0. The van der Waals surface area contributed by atoms with Gasteiger partial charge in [0.2, 0.25) is 0 Å². The number of nitrogens with two attached hydrogens (primary N) is 1. The number of methoxy groups -OCH3 is 1. The van der Waals surface area contributed by atoms with E-state index in [0.717, 1.165) is 54.8 Å². The summed E-state index contributed by atoms with van der Waals surface area (Å²) >= 11 is 0. The van der Waals surface area contributed by atoms with Gasteiger partial charge in [0.25, 0.3) is 0 Å². The summed E-state index contributed by atoms with van der Waals surface area (Å²) < 4.78 is 11.1. The molecule has 7 heteroatoms. The Hall–Kier alpha value is -3.32. The number of carbonyl (C=O) groups excluding carboxylic acids is 1. The summed E-state index contributed by atoms with van der Waals surface area (Å²) in [6.45, 7) is 8.36. The Morgan fingerprint density at radius 3 is 2.82 bits per heavy atom. The van der Waals surface area contributed by atoms with Gasteiger partial charge in [0.05, 0.1) is 13.5 Å². The van der Waals surface area contributed by atoms with Gasteiger partial charge in [0.15, 0.2) is 0 Å². The number of piperidine rings is 1. The first-order valence-corrected chi connectivity index (χ1v) is 11.4. The number of amidine groups is 1. The Morgan fingerprint density at radius 1 is 1.33 bits per heavy atom. The number of hydrogen-bond acceptors (Lipinski definition) is 6. The number of hydrogen-bond donors (Lipinski definition) is 3. The molecule has 176 valence electrons. The molecule has 7 nitrogen and oxygen atoms in total. The van der Waals surface area contributed by atoms with Crippen molar-refractivity contribution in [2.75, 3.05) is 26.7 Å². The van der Waals surface area contributed by atoms with Crippen LogP contribution < -0.4 is 21.2 Å². The molecule has 2 heterocycles. The van der Waals surface area contributed by atoms with E-state index >= 15 is 0 Å². The maximum atomic E-state index is 11.2. The standard InChI is InChI=1S/C26H34N4O3/c1-4-7-20(11-10-19(2)25(27)30-29-15-12-24(31)32-3)22-18-26(13-16-28-17-14-26)33-23-9-6-5-8-21(22)23/h5-11,18,28-29H,2,4,12-17H2,1,3H3,(H2,27,30)/b11-10-,20-7+. The number of carbonyl (C=O) groups is 1. The Bertz CT molecular complexity index is 985. The first kappa shape index (κ1) is 24.3. The lowest BCUT2D eigenvalue weighted by Crippen LogP contribution is -2.46. The van der Waals surface area contributed by atoms with Gasteiger partial charge < -0.3 is 25.9 Å². The van der Waals surface area contributed by atoms with Crippen LogP contribution in [0.15, 0.2) is 71.4 Å². The molecule has 0 aliphatic carbocycles. The highest BCUT2D eigenvalue weighted by Crippen LogP contribution is 2.43. The molecule has 0 aromatic heterocycles. The van der Waals surface area contributed by atoms with E-state index < -0.39 is 0 Å². The van der Waals surface area contributed by atoms with Crippen LogP contribution in [0.1, 0.15) is 38.2 Å². The van der Waals surface area contributed by atoms with Gasteiger partial charge in [-0.3, -0.25) is 4.79 Å². The van der Waals surface area contributed by atoms with Crippen LogP contribution in [0.2, 0.25) is 0 Å². The van der Waals surface area contributed by atoms with E-state index in [-0.39, 0.29) is 23.8 Å². The lowest BCUT2D eigenvalue weighted by molar-refractivity contribution is -0.140. The molecule has 0 amide bonds. The topological polar surface area (TPSA) is 98.0 Å². The van der Waals surface area contributed by atoms with Gasteiger partial charge in [-0.2, -0.15) is 5.10 Å². The fourth-order valence-electron chi connectivity index (χ4n) is 3.94. The molecule has 1 spiro atoms. The second-order valence-electron chi connectivity index (χ2n) is 8.13. The van der Waals surface area contributed by atoms with Crippen molar-refractivity contribution in [1.29, 1.82) is 0 Å². The summed E-state index contributed by atoms with van der Waals surface area (Å²) in [4.78, 5) is 11.2. The Labute approximate surface area is 196 Å². The van der Waals surface area contributed by atoms with Gasteiger partial charge in [0.1, 0.15) is 17.2 Å². The minimum Gasteiger partial charge on any atom is -0.482 e. The van der Waals surface area contributed by atoms with Gasteiger partial charge in [-0.1, -0.05) is 49.9 Å². The highest BCUT2D eigenvalue weighted by molar-refractivity contribution is 5.99. The number of benzene rings is 1. The number of ether oxygens (including phenoxy) is 2. The maximum absolute atomic E-state index is 11.2. The molecule has 1 saturated heterocycles. The SMILES string of the molecule is C=C(/C=C\C(=C/CC)C1=CC2(CCNCC2)Oc2ccccc21)/C(N)=N/NCCC(=O)OC. The number of rotatable bonds is 9.